The Labute approximate surface area is 192 Å². The Morgan fingerprint density at radius 1 is 0.969 bits per heavy atom. The number of carbonyl (C=O) groups is 2. The molecule has 1 heterocycles. The lowest BCUT2D eigenvalue weighted by Crippen LogP contribution is -2.57. The maximum atomic E-state index is 13.5. The molecule has 1 aromatic carbocycles. The molecular formula is C27H38N2O3. The highest BCUT2D eigenvalue weighted by Gasteiger charge is 2.55. The van der Waals surface area contributed by atoms with Crippen LogP contribution in [0.1, 0.15) is 68.1 Å². The molecule has 5 fully saturated rings. The first kappa shape index (κ1) is 21.8. The van der Waals surface area contributed by atoms with Crippen LogP contribution in [0.4, 0.5) is 0 Å². The third-order valence-corrected chi connectivity index (χ3v) is 8.86. The van der Waals surface area contributed by atoms with Gasteiger partial charge >= 0.3 is 0 Å². The van der Waals surface area contributed by atoms with Gasteiger partial charge in [0, 0.05) is 19.1 Å². The highest BCUT2D eigenvalue weighted by molar-refractivity contribution is 5.83. The summed E-state index contributed by atoms with van der Waals surface area (Å²) in [5, 5.41) is 3.14. The summed E-state index contributed by atoms with van der Waals surface area (Å²) in [6, 6.07) is 4.24. The highest BCUT2D eigenvalue weighted by Crippen LogP contribution is 2.60. The van der Waals surface area contributed by atoms with Crippen LogP contribution in [0, 0.1) is 43.9 Å². The fourth-order valence-corrected chi connectivity index (χ4v) is 7.49. The second-order valence-electron chi connectivity index (χ2n) is 11.3. The van der Waals surface area contributed by atoms with Crippen molar-refractivity contribution in [1.82, 2.24) is 10.2 Å². The third-order valence-electron chi connectivity index (χ3n) is 8.86. The van der Waals surface area contributed by atoms with Crippen molar-refractivity contribution in [3.63, 3.8) is 0 Å². The maximum absolute atomic E-state index is 13.5. The summed E-state index contributed by atoms with van der Waals surface area (Å²) >= 11 is 0. The van der Waals surface area contributed by atoms with Crippen LogP contribution >= 0.6 is 0 Å². The Morgan fingerprint density at radius 3 is 2.12 bits per heavy atom. The second-order valence-corrected chi connectivity index (χ2v) is 11.3. The van der Waals surface area contributed by atoms with Crippen LogP contribution in [-0.4, -0.2) is 42.5 Å². The van der Waals surface area contributed by atoms with E-state index in [1.54, 1.807) is 0 Å². The molecule has 5 aliphatic rings. The fraction of sp³-hybridized carbons (Fsp3) is 0.704. The van der Waals surface area contributed by atoms with Crippen molar-refractivity contribution in [2.24, 2.45) is 23.2 Å². The van der Waals surface area contributed by atoms with Crippen LogP contribution in [0.5, 0.6) is 5.75 Å². The van der Waals surface area contributed by atoms with Crippen molar-refractivity contribution in [2.45, 2.75) is 78.2 Å². The smallest absolute Gasteiger partial charge is 0.258 e. The standard InChI is InChI=1S/C27H38N2O3/c1-17-4-5-18(2)25(19(17)3)32-16-24(30)28-23-6-8-29(9-7-23)26(31)27-13-20-10-21(14-27)12-22(11-20)15-27/h4-5,20-23H,6-16H2,1-3H3,(H,28,30). The zero-order valence-electron chi connectivity index (χ0n) is 19.9. The Balaban J connectivity index is 1.11. The van der Waals surface area contributed by atoms with Gasteiger partial charge in [0.2, 0.25) is 5.91 Å². The normalized spacial score (nSPS) is 31.6. The number of nitrogens with one attached hydrogen (secondary N) is 1. The molecule has 1 N–H and O–H groups in total. The van der Waals surface area contributed by atoms with Gasteiger partial charge in [-0.25, -0.2) is 0 Å². The van der Waals surface area contributed by atoms with Crippen molar-refractivity contribution < 1.29 is 14.3 Å². The minimum absolute atomic E-state index is 0.0392. The molecule has 32 heavy (non-hydrogen) atoms. The summed E-state index contributed by atoms with van der Waals surface area (Å²) in [4.78, 5) is 28.2. The van der Waals surface area contributed by atoms with Crippen LogP contribution in [0.2, 0.25) is 0 Å². The summed E-state index contributed by atoms with van der Waals surface area (Å²) in [6.45, 7) is 7.67. The lowest BCUT2D eigenvalue weighted by atomic mass is 9.49. The van der Waals surface area contributed by atoms with Gasteiger partial charge in [0.25, 0.3) is 5.91 Å². The second kappa shape index (κ2) is 8.39. The SMILES string of the molecule is Cc1ccc(C)c(OCC(=O)NC2CCN(C(=O)C34CC5CC(CC(C5)C3)C4)CC2)c1C. The molecule has 5 nitrogen and oxygen atoms in total. The van der Waals surface area contributed by atoms with E-state index in [0.29, 0.717) is 5.91 Å². The predicted octanol–water partition coefficient (Wildman–Crippen LogP) is 4.31. The van der Waals surface area contributed by atoms with E-state index in [-0.39, 0.29) is 24.0 Å². The Kier molecular flexibility index (Phi) is 5.71. The van der Waals surface area contributed by atoms with Gasteiger partial charge in [0.1, 0.15) is 5.75 Å². The summed E-state index contributed by atoms with van der Waals surface area (Å²) < 4.78 is 5.87. The number of carbonyl (C=O) groups excluding carboxylic acids is 2. The largest absolute Gasteiger partial charge is 0.483 e. The van der Waals surface area contributed by atoms with Gasteiger partial charge in [0.05, 0.1) is 5.41 Å². The van der Waals surface area contributed by atoms with Crippen molar-refractivity contribution in [2.75, 3.05) is 19.7 Å². The van der Waals surface area contributed by atoms with Gasteiger partial charge in [-0.15, -0.1) is 0 Å². The topological polar surface area (TPSA) is 58.6 Å². The van der Waals surface area contributed by atoms with Crippen molar-refractivity contribution in [3.8, 4) is 5.75 Å². The molecule has 1 aliphatic heterocycles. The molecule has 0 unspecified atom stereocenters. The molecule has 4 saturated carbocycles. The van der Waals surface area contributed by atoms with Crippen LogP contribution in [0.25, 0.3) is 0 Å². The highest BCUT2D eigenvalue weighted by atomic mass is 16.5. The summed E-state index contributed by atoms with van der Waals surface area (Å²) in [5.74, 6) is 3.55. The van der Waals surface area contributed by atoms with Gasteiger partial charge < -0.3 is 15.0 Å². The third kappa shape index (κ3) is 4.04. The first-order chi connectivity index (χ1) is 15.3. The molecule has 0 aromatic heterocycles. The van der Waals surface area contributed by atoms with Gasteiger partial charge in [-0.05, 0) is 107 Å². The van der Waals surface area contributed by atoms with Crippen LogP contribution in [0.3, 0.4) is 0 Å². The number of aryl methyl sites for hydroxylation is 2. The molecule has 1 saturated heterocycles. The Morgan fingerprint density at radius 2 is 1.53 bits per heavy atom. The maximum Gasteiger partial charge on any atom is 0.258 e. The molecule has 0 atom stereocenters. The zero-order valence-corrected chi connectivity index (χ0v) is 19.9. The van der Waals surface area contributed by atoms with Gasteiger partial charge in [-0.1, -0.05) is 12.1 Å². The molecule has 6 rings (SSSR count). The average Bonchev–Trinajstić information content (AvgIpc) is 2.75. The van der Waals surface area contributed by atoms with E-state index in [4.69, 9.17) is 4.74 Å². The minimum Gasteiger partial charge on any atom is -0.483 e. The van der Waals surface area contributed by atoms with E-state index in [9.17, 15) is 9.59 Å². The summed E-state index contributed by atoms with van der Waals surface area (Å²) in [7, 11) is 0. The van der Waals surface area contributed by atoms with Gasteiger partial charge in [0.15, 0.2) is 6.61 Å². The lowest BCUT2D eigenvalue weighted by molar-refractivity contribution is -0.158. The number of rotatable bonds is 5. The minimum atomic E-state index is -0.0730. The number of benzene rings is 1. The van der Waals surface area contributed by atoms with E-state index in [0.717, 1.165) is 79.8 Å². The van der Waals surface area contributed by atoms with Crippen molar-refractivity contribution in [1.29, 1.82) is 0 Å². The van der Waals surface area contributed by atoms with E-state index in [2.05, 4.69) is 23.2 Å². The molecule has 4 bridgehead atoms. The molecule has 174 valence electrons. The number of piperidine rings is 1. The number of likely N-dealkylation sites (tertiary alicyclic amines) is 1. The quantitative estimate of drug-likeness (QED) is 0.745. The molecule has 4 aliphatic carbocycles. The first-order valence-corrected chi connectivity index (χ1v) is 12.6. The predicted molar refractivity (Wildman–Crippen MR) is 124 cm³/mol. The van der Waals surface area contributed by atoms with E-state index < -0.39 is 0 Å². The van der Waals surface area contributed by atoms with E-state index >= 15 is 0 Å². The molecule has 0 radical (unpaired) electrons. The lowest BCUT2D eigenvalue weighted by Gasteiger charge is -2.57. The van der Waals surface area contributed by atoms with E-state index in [1.165, 1.54) is 24.8 Å². The Bertz CT molecular complexity index is 865. The number of amides is 2. The molecule has 2 amide bonds. The van der Waals surface area contributed by atoms with Crippen LogP contribution in [0.15, 0.2) is 12.1 Å². The van der Waals surface area contributed by atoms with Gasteiger partial charge in [-0.2, -0.15) is 0 Å². The van der Waals surface area contributed by atoms with Crippen LogP contribution < -0.4 is 10.1 Å². The summed E-state index contributed by atoms with van der Waals surface area (Å²) in [5.41, 5.74) is 3.26. The number of hydrogen-bond donors (Lipinski definition) is 1. The molecular weight excluding hydrogens is 400 g/mol. The van der Waals surface area contributed by atoms with Crippen molar-refractivity contribution in [3.05, 3.63) is 28.8 Å². The fourth-order valence-electron chi connectivity index (χ4n) is 7.49. The first-order valence-electron chi connectivity index (χ1n) is 12.6. The average molecular weight is 439 g/mol. The molecule has 0 spiro atoms. The van der Waals surface area contributed by atoms with Crippen molar-refractivity contribution >= 4 is 11.8 Å². The van der Waals surface area contributed by atoms with Crippen LogP contribution in [-0.2, 0) is 9.59 Å². The number of ether oxygens (including phenoxy) is 1. The molecule has 1 aromatic rings. The number of hydrogen-bond acceptors (Lipinski definition) is 3. The monoisotopic (exact) mass is 438 g/mol. The summed E-state index contributed by atoms with van der Waals surface area (Å²) in [6.07, 6.45) is 9.16. The number of nitrogens with zero attached hydrogens (tertiary/aromatic N) is 1. The Hall–Kier alpha value is -2.04. The van der Waals surface area contributed by atoms with E-state index in [1.807, 2.05) is 19.9 Å². The molecule has 5 heteroatoms. The van der Waals surface area contributed by atoms with Gasteiger partial charge in [-0.3, -0.25) is 9.59 Å². The zero-order chi connectivity index (χ0) is 22.5.